The second-order valence-corrected chi connectivity index (χ2v) is 11.2. The minimum Gasteiger partial charge on any atom is -0.381 e. The molecule has 0 spiro atoms. The summed E-state index contributed by atoms with van der Waals surface area (Å²) in [6, 6.07) is 23.2. The van der Waals surface area contributed by atoms with Crippen molar-refractivity contribution in [2.75, 3.05) is 26.9 Å². The van der Waals surface area contributed by atoms with Crippen LogP contribution in [0.1, 0.15) is 34.5 Å². The van der Waals surface area contributed by atoms with E-state index in [0.717, 1.165) is 29.5 Å². The van der Waals surface area contributed by atoms with E-state index in [1.807, 2.05) is 54.6 Å². The van der Waals surface area contributed by atoms with E-state index < -0.39 is 21.4 Å². The zero-order chi connectivity index (χ0) is 28.2. The zero-order valence-corrected chi connectivity index (χ0v) is 22.9. The molecule has 9 nitrogen and oxygen atoms in total. The molecule has 5 rings (SSSR count). The number of primary sulfonamides is 1. The van der Waals surface area contributed by atoms with E-state index in [9.17, 15) is 13.2 Å². The lowest BCUT2D eigenvalue weighted by atomic mass is 9.85. The molecule has 1 aromatic heterocycles. The number of ketones is 1. The van der Waals surface area contributed by atoms with E-state index in [0.29, 0.717) is 30.0 Å². The van der Waals surface area contributed by atoms with Gasteiger partial charge in [0.25, 0.3) is 0 Å². The van der Waals surface area contributed by atoms with Gasteiger partial charge in [-0.25, -0.2) is 13.6 Å². The molecule has 10 heteroatoms. The summed E-state index contributed by atoms with van der Waals surface area (Å²) in [6.45, 7) is 1.25. The van der Waals surface area contributed by atoms with Crippen LogP contribution >= 0.6 is 0 Å². The lowest BCUT2D eigenvalue weighted by Gasteiger charge is -2.36. The van der Waals surface area contributed by atoms with Crippen LogP contribution in [0.2, 0.25) is 0 Å². The number of sulfonamides is 1. The Hall–Kier alpha value is -3.67. The van der Waals surface area contributed by atoms with E-state index in [1.54, 1.807) is 19.2 Å². The number of nitrogens with two attached hydrogens (primary N) is 1. The molecule has 0 radical (unpaired) electrons. The number of aromatic nitrogens is 1. The van der Waals surface area contributed by atoms with Crippen molar-refractivity contribution < 1.29 is 31.9 Å². The second-order valence-electron chi connectivity index (χ2n) is 9.60. The molecule has 0 unspecified atom stereocenters. The summed E-state index contributed by atoms with van der Waals surface area (Å²) >= 11 is 0. The summed E-state index contributed by atoms with van der Waals surface area (Å²) in [7, 11) is -2.16. The minimum atomic E-state index is -3.87. The van der Waals surface area contributed by atoms with Crippen molar-refractivity contribution in [3.8, 4) is 22.4 Å². The molecule has 2 heterocycles. The maximum absolute atomic E-state index is 13.3. The molecular weight excluding hydrogens is 532 g/mol. The molecule has 1 aliphatic rings. The second kappa shape index (κ2) is 11.8. The molecular formula is C30H30N2O7S. The third-order valence-electron chi connectivity index (χ3n) is 7.11. The van der Waals surface area contributed by atoms with E-state index in [-0.39, 0.29) is 23.9 Å². The molecule has 0 amide bonds. The fourth-order valence-electron chi connectivity index (χ4n) is 4.94. The fourth-order valence-corrected chi connectivity index (χ4v) is 5.45. The molecule has 3 aromatic carbocycles. The molecule has 1 saturated heterocycles. The summed E-state index contributed by atoms with van der Waals surface area (Å²) in [4.78, 5) is 13.3. The first-order valence-electron chi connectivity index (χ1n) is 12.8. The Labute approximate surface area is 232 Å². The highest BCUT2D eigenvalue weighted by Gasteiger charge is 2.34. The van der Waals surface area contributed by atoms with Crippen molar-refractivity contribution in [2.45, 2.75) is 29.9 Å². The Morgan fingerprint density at radius 1 is 0.975 bits per heavy atom. The number of nitrogens with zero attached hydrogens (tertiary/aromatic N) is 1. The lowest BCUT2D eigenvalue weighted by molar-refractivity contribution is -0.0948. The summed E-state index contributed by atoms with van der Waals surface area (Å²) in [5.41, 5.74) is 3.78. The van der Waals surface area contributed by atoms with Gasteiger partial charge in [-0.05, 0) is 28.8 Å². The lowest BCUT2D eigenvalue weighted by Crippen LogP contribution is -2.35. The first-order valence-corrected chi connectivity index (χ1v) is 14.4. The van der Waals surface area contributed by atoms with E-state index in [2.05, 4.69) is 5.16 Å². The van der Waals surface area contributed by atoms with Crippen molar-refractivity contribution in [3.05, 3.63) is 95.7 Å². The third-order valence-corrected chi connectivity index (χ3v) is 8.04. The number of carbonyl (C=O) groups is 1. The predicted molar refractivity (Wildman–Crippen MR) is 148 cm³/mol. The molecule has 0 atom stereocenters. The number of Topliss-reactive ketones (excluding diaryl/α,β-unsaturated/α-hetero) is 1. The predicted octanol–water partition coefficient (Wildman–Crippen LogP) is 4.71. The number of ether oxygens (including phenoxy) is 3. The van der Waals surface area contributed by atoms with Crippen LogP contribution in [0.25, 0.3) is 22.4 Å². The van der Waals surface area contributed by atoms with Crippen LogP contribution in [-0.4, -0.2) is 46.3 Å². The van der Waals surface area contributed by atoms with Crippen molar-refractivity contribution in [1.82, 2.24) is 5.16 Å². The largest absolute Gasteiger partial charge is 0.381 e. The average molecular weight is 563 g/mol. The van der Waals surface area contributed by atoms with Crippen LogP contribution in [0.15, 0.2) is 88.3 Å². The molecule has 1 fully saturated rings. The van der Waals surface area contributed by atoms with Gasteiger partial charge in [0.1, 0.15) is 12.3 Å². The zero-order valence-electron chi connectivity index (χ0n) is 22.0. The Morgan fingerprint density at radius 3 is 2.38 bits per heavy atom. The van der Waals surface area contributed by atoms with Gasteiger partial charge < -0.3 is 18.7 Å². The summed E-state index contributed by atoms with van der Waals surface area (Å²) in [5, 5.41) is 9.44. The highest BCUT2D eigenvalue weighted by molar-refractivity contribution is 7.89. The molecule has 0 bridgehead atoms. The van der Waals surface area contributed by atoms with Gasteiger partial charge >= 0.3 is 0 Å². The van der Waals surface area contributed by atoms with Gasteiger partial charge in [0, 0.05) is 38.7 Å². The maximum atomic E-state index is 13.3. The van der Waals surface area contributed by atoms with Gasteiger partial charge in [-0.3, -0.25) is 4.79 Å². The van der Waals surface area contributed by atoms with E-state index in [1.165, 1.54) is 12.1 Å². The standard InChI is InChI=1S/C30H30N2O7S/c1-36-30(14-16-37-17-15-30)24-9-5-6-21(18-24)19-38-20-26(33)29-27(22-10-12-25(13-11-22)40(31,34)35)28(32-39-29)23-7-3-2-4-8-23/h2-13,18H,14-17,19-20H2,1H3,(H2,31,34,35). The van der Waals surface area contributed by atoms with E-state index in [4.69, 9.17) is 23.9 Å². The SMILES string of the molecule is COC1(c2cccc(COCC(=O)c3onc(-c4ccccc4)c3-c3ccc(S(N)(=O)=O)cc3)c2)CCOCC1. The van der Waals surface area contributed by atoms with Gasteiger partial charge in [-0.1, -0.05) is 71.9 Å². The number of benzene rings is 3. The number of rotatable bonds is 10. The van der Waals surface area contributed by atoms with Crippen molar-refractivity contribution in [1.29, 1.82) is 0 Å². The molecule has 0 aliphatic carbocycles. The van der Waals surface area contributed by atoms with Crippen LogP contribution in [0.4, 0.5) is 0 Å². The number of hydrogen-bond acceptors (Lipinski definition) is 8. The van der Waals surface area contributed by atoms with Gasteiger partial charge in [0.05, 0.1) is 22.7 Å². The van der Waals surface area contributed by atoms with Crippen molar-refractivity contribution in [3.63, 3.8) is 0 Å². The molecule has 0 saturated carbocycles. The minimum absolute atomic E-state index is 0.0245. The Morgan fingerprint density at radius 2 is 1.70 bits per heavy atom. The van der Waals surface area contributed by atoms with Crippen LogP contribution in [0.5, 0.6) is 0 Å². The number of methoxy groups -OCH3 is 1. The monoisotopic (exact) mass is 562 g/mol. The molecule has 2 N–H and O–H groups in total. The van der Waals surface area contributed by atoms with Crippen LogP contribution in [-0.2, 0) is 36.4 Å². The topological polar surface area (TPSA) is 131 Å². The normalized spacial score (nSPS) is 15.2. The molecule has 208 valence electrons. The van der Waals surface area contributed by atoms with Gasteiger partial charge in [-0.15, -0.1) is 0 Å². The molecule has 4 aromatic rings. The number of hydrogen-bond donors (Lipinski definition) is 1. The first kappa shape index (κ1) is 27.9. The summed E-state index contributed by atoms with van der Waals surface area (Å²) in [5.74, 6) is -0.370. The Kier molecular flexibility index (Phi) is 8.24. The average Bonchev–Trinajstić information content (AvgIpc) is 3.43. The van der Waals surface area contributed by atoms with Gasteiger partial charge in [-0.2, -0.15) is 0 Å². The van der Waals surface area contributed by atoms with Crippen LogP contribution in [0.3, 0.4) is 0 Å². The fraction of sp³-hybridized carbons (Fsp3) is 0.267. The van der Waals surface area contributed by atoms with Gasteiger partial charge in [0.2, 0.25) is 21.6 Å². The summed E-state index contributed by atoms with van der Waals surface area (Å²) < 4.78 is 46.3. The molecule has 40 heavy (non-hydrogen) atoms. The van der Waals surface area contributed by atoms with E-state index >= 15 is 0 Å². The third kappa shape index (κ3) is 5.91. The Bertz CT molecular complexity index is 1580. The highest BCUT2D eigenvalue weighted by Crippen LogP contribution is 2.37. The number of carbonyl (C=O) groups excluding carboxylic acids is 1. The quantitative estimate of drug-likeness (QED) is 0.275. The van der Waals surface area contributed by atoms with Crippen molar-refractivity contribution in [2.24, 2.45) is 5.14 Å². The summed E-state index contributed by atoms with van der Waals surface area (Å²) in [6.07, 6.45) is 1.53. The maximum Gasteiger partial charge on any atom is 0.238 e. The van der Waals surface area contributed by atoms with Gasteiger partial charge in [0.15, 0.2) is 0 Å². The Balaban J connectivity index is 1.36. The van der Waals surface area contributed by atoms with Crippen LogP contribution in [0, 0.1) is 0 Å². The molecule has 1 aliphatic heterocycles. The highest BCUT2D eigenvalue weighted by atomic mass is 32.2. The first-order chi connectivity index (χ1) is 19.3. The van der Waals surface area contributed by atoms with Crippen LogP contribution < -0.4 is 5.14 Å². The van der Waals surface area contributed by atoms with Crippen molar-refractivity contribution >= 4 is 15.8 Å². The smallest absolute Gasteiger partial charge is 0.238 e.